The van der Waals surface area contributed by atoms with Gasteiger partial charge in [0.15, 0.2) is 0 Å². The third kappa shape index (κ3) is 2.22. The van der Waals surface area contributed by atoms with Crippen LogP contribution in [0, 0.1) is 6.92 Å². The minimum atomic E-state index is -4.66. The molecule has 2 aromatic rings. The second kappa shape index (κ2) is 3.76. The lowest BCUT2D eigenvalue weighted by atomic mass is 10.1. The highest BCUT2D eigenvalue weighted by Gasteiger charge is 2.38. The number of hydrogen-bond acceptors (Lipinski definition) is 4. The van der Waals surface area contributed by atoms with Crippen LogP contribution in [0.5, 0.6) is 5.75 Å². The molecular formula is C10H7F3N2O2. The number of benzene rings is 1. The second-order valence-electron chi connectivity index (χ2n) is 3.42. The Morgan fingerprint density at radius 2 is 2.00 bits per heavy atom. The van der Waals surface area contributed by atoms with Crippen LogP contribution in [0.4, 0.5) is 13.2 Å². The summed E-state index contributed by atoms with van der Waals surface area (Å²) in [4.78, 5) is 3.24. The van der Waals surface area contributed by atoms with Crippen molar-refractivity contribution in [2.75, 3.05) is 0 Å². The van der Waals surface area contributed by atoms with Gasteiger partial charge in [-0.05, 0) is 30.7 Å². The Kier molecular flexibility index (Phi) is 2.53. The number of halogens is 3. The first-order valence-corrected chi connectivity index (χ1v) is 4.59. The van der Waals surface area contributed by atoms with Gasteiger partial charge >= 0.3 is 12.1 Å². The van der Waals surface area contributed by atoms with Gasteiger partial charge in [-0.25, -0.2) is 0 Å². The van der Waals surface area contributed by atoms with Crippen LogP contribution in [0.3, 0.4) is 0 Å². The topological polar surface area (TPSA) is 59.2 Å². The van der Waals surface area contributed by atoms with Gasteiger partial charge in [-0.2, -0.15) is 18.2 Å². The van der Waals surface area contributed by atoms with E-state index in [9.17, 15) is 18.3 Å². The van der Waals surface area contributed by atoms with Crippen molar-refractivity contribution in [2.45, 2.75) is 13.1 Å². The summed E-state index contributed by atoms with van der Waals surface area (Å²) < 4.78 is 40.8. The average molecular weight is 244 g/mol. The molecule has 1 N–H and O–H groups in total. The fraction of sp³-hybridized carbons (Fsp3) is 0.200. The Bertz CT molecular complexity index is 549. The molecule has 90 valence electrons. The molecule has 1 aromatic carbocycles. The number of aromatic hydroxyl groups is 1. The number of nitrogens with zero attached hydrogens (tertiary/aromatic N) is 2. The zero-order chi connectivity index (χ0) is 12.6. The van der Waals surface area contributed by atoms with E-state index in [0.29, 0.717) is 11.1 Å². The predicted molar refractivity (Wildman–Crippen MR) is 51.1 cm³/mol. The van der Waals surface area contributed by atoms with E-state index in [2.05, 4.69) is 14.7 Å². The average Bonchev–Trinajstić information content (AvgIpc) is 2.70. The van der Waals surface area contributed by atoms with Crippen LogP contribution in [0.15, 0.2) is 22.7 Å². The largest absolute Gasteiger partial charge is 0.508 e. The van der Waals surface area contributed by atoms with Crippen LogP contribution in [0.2, 0.25) is 0 Å². The van der Waals surface area contributed by atoms with Crippen molar-refractivity contribution in [3.05, 3.63) is 29.7 Å². The molecule has 0 saturated heterocycles. The summed E-state index contributed by atoms with van der Waals surface area (Å²) in [5.41, 5.74) is 0.861. The lowest BCUT2D eigenvalue weighted by molar-refractivity contribution is -0.159. The van der Waals surface area contributed by atoms with Gasteiger partial charge < -0.3 is 9.63 Å². The van der Waals surface area contributed by atoms with Crippen LogP contribution >= 0.6 is 0 Å². The second-order valence-corrected chi connectivity index (χ2v) is 3.42. The molecule has 0 atom stereocenters. The number of phenolic OH excluding ortho intramolecular Hbond substituents is 1. The number of hydrogen-bond donors (Lipinski definition) is 1. The van der Waals surface area contributed by atoms with Crippen molar-refractivity contribution in [1.29, 1.82) is 0 Å². The van der Waals surface area contributed by atoms with E-state index in [4.69, 9.17) is 0 Å². The molecule has 1 heterocycles. The predicted octanol–water partition coefficient (Wildman–Crippen LogP) is 2.77. The van der Waals surface area contributed by atoms with Crippen LogP contribution in [-0.2, 0) is 6.18 Å². The van der Waals surface area contributed by atoms with E-state index < -0.39 is 12.1 Å². The number of alkyl halides is 3. The Balaban J connectivity index is 2.40. The first-order chi connectivity index (χ1) is 7.88. The Morgan fingerprint density at radius 3 is 2.53 bits per heavy atom. The first-order valence-electron chi connectivity index (χ1n) is 4.59. The molecular weight excluding hydrogens is 237 g/mol. The Morgan fingerprint density at radius 1 is 1.29 bits per heavy atom. The van der Waals surface area contributed by atoms with Crippen molar-refractivity contribution in [3.8, 4) is 17.1 Å². The first kappa shape index (κ1) is 11.4. The van der Waals surface area contributed by atoms with Gasteiger partial charge in [0, 0.05) is 5.56 Å². The van der Waals surface area contributed by atoms with Crippen molar-refractivity contribution in [2.24, 2.45) is 0 Å². The maximum atomic E-state index is 12.2. The molecule has 0 amide bonds. The zero-order valence-electron chi connectivity index (χ0n) is 8.62. The minimum absolute atomic E-state index is 0.0493. The van der Waals surface area contributed by atoms with Crippen molar-refractivity contribution >= 4 is 0 Å². The summed E-state index contributed by atoms with van der Waals surface area (Å²) in [6.45, 7) is 1.61. The molecule has 17 heavy (non-hydrogen) atoms. The number of aromatic nitrogens is 2. The molecule has 0 radical (unpaired) electrons. The Labute approximate surface area is 93.7 Å². The normalized spacial score (nSPS) is 11.8. The highest BCUT2D eigenvalue weighted by molar-refractivity contribution is 5.57. The highest BCUT2D eigenvalue weighted by atomic mass is 19.4. The van der Waals surface area contributed by atoms with Crippen LogP contribution in [0.1, 0.15) is 11.5 Å². The van der Waals surface area contributed by atoms with Crippen LogP contribution in [0.25, 0.3) is 11.4 Å². The van der Waals surface area contributed by atoms with Gasteiger partial charge in [0.1, 0.15) is 5.75 Å². The van der Waals surface area contributed by atoms with E-state index >= 15 is 0 Å². The molecule has 4 nitrogen and oxygen atoms in total. The van der Waals surface area contributed by atoms with Gasteiger partial charge in [0.05, 0.1) is 0 Å². The monoisotopic (exact) mass is 244 g/mol. The van der Waals surface area contributed by atoms with E-state index in [1.165, 1.54) is 18.2 Å². The summed E-state index contributed by atoms with van der Waals surface area (Å²) in [5, 5.41) is 12.5. The molecule has 0 bridgehead atoms. The number of rotatable bonds is 1. The third-order valence-electron chi connectivity index (χ3n) is 2.12. The summed E-state index contributed by atoms with van der Waals surface area (Å²) in [6.07, 6.45) is -4.66. The summed E-state index contributed by atoms with van der Waals surface area (Å²) in [5.74, 6) is -1.51. The van der Waals surface area contributed by atoms with E-state index in [0.717, 1.165) is 0 Å². The van der Waals surface area contributed by atoms with E-state index in [1.807, 2.05) is 0 Å². The van der Waals surface area contributed by atoms with Gasteiger partial charge in [-0.3, -0.25) is 0 Å². The molecule has 0 spiro atoms. The van der Waals surface area contributed by atoms with Gasteiger partial charge in [0.25, 0.3) is 0 Å². The van der Waals surface area contributed by atoms with Crippen LogP contribution < -0.4 is 0 Å². The number of aryl methyl sites for hydroxylation is 1. The Hall–Kier alpha value is -2.05. The van der Waals surface area contributed by atoms with E-state index in [1.54, 1.807) is 6.92 Å². The van der Waals surface area contributed by atoms with Crippen molar-refractivity contribution in [1.82, 2.24) is 10.1 Å². The fourth-order valence-electron chi connectivity index (χ4n) is 1.25. The SMILES string of the molecule is Cc1cc(-c2noc(C(F)(F)F)n2)ccc1O. The minimum Gasteiger partial charge on any atom is -0.508 e. The maximum absolute atomic E-state index is 12.2. The van der Waals surface area contributed by atoms with E-state index in [-0.39, 0.29) is 11.6 Å². The number of phenols is 1. The third-order valence-corrected chi connectivity index (χ3v) is 2.12. The summed E-state index contributed by atoms with van der Waals surface area (Å²) in [6, 6.07) is 4.24. The fourth-order valence-corrected chi connectivity index (χ4v) is 1.25. The quantitative estimate of drug-likeness (QED) is 0.837. The molecule has 1 aromatic heterocycles. The van der Waals surface area contributed by atoms with Gasteiger partial charge in [-0.1, -0.05) is 5.16 Å². The molecule has 7 heteroatoms. The molecule has 0 saturated carbocycles. The van der Waals surface area contributed by atoms with Crippen LogP contribution in [-0.4, -0.2) is 15.2 Å². The molecule has 0 fully saturated rings. The summed E-state index contributed by atoms with van der Waals surface area (Å²) >= 11 is 0. The zero-order valence-corrected chi connectivity index (χ0v) is 8.62. The smallest absolute Gasteiger partial charge is 0.471 e. The molecule has 0 unspecified atom stereocenters. The van der Waals surface area contributed by atoms with Crippen molar-refractivity contribution in [3.63, 3.8) is 0 Å². The maximum Gasteiger partial charge on any atom is 0.471 e. The lowest BCUT2D eigenvalue weighted by Gasteiger charge is -1.99. The molecule has 2 rings (SSSR count). The van der Waals surface area contributed by atoms with Gasteiger partial charge in [-0.15, -0.1) is 0 Å². The standard InChI is InChI=1S/C10H7F3N2O2/c1-5-4-6(2-3-7(5)16)8-14-9(17-15-8)10(11,12)13/h2-4,16H,1H3. The molecule has 0 aliphatic carbocycles. The van der Waals surface area contributed by atoms with Gasteiger partial charge in [0.2, 0.25) is 5.82 Å². The molecule has 0 aliphatic rings. The van der Waals surface area contributed by atoms with Crippen molar-refractivity contribution < 1.29 is 22.8 Å². The highest BCUT2D eigenvalue weighted by Crippen LogP contribution is 2.30. The molecule has 0 aliphatic heterocycles. The summed E-state index contributed by atoms with van der Waals surface area (Å²) in [7, 11) is 0. The lowest BCUT2D eigenvalue weighted by Crippen LogP contribution is -2.04.